The van der Waals surface area contributed by atoms with Crippen LogP contribution >= 0.6 is 11.8 Å². The van der Waals surface area contributed by atoms with E-state index < -0.39 is 11.7 Å². The Kier molecular flexibility index (Phi) is 5.28. The number of nitrogen functional groups attached to an aromatic ring is 1. The highest BCUT2D eigenvalue weighted by molar-refractivity contribution is 7.99. The summed E-state index contributed by atoms with van der Waals surface area (Å²) in [6.07, 6.45) is -0.135. The maximum absolute atomic E-state index is 12.8. The van der Waals surface area contributed by atoms with Gasteiger partial charge >= 0.3 is 6.18 Å². The van der Waals surface area contributed by atoms with Crippen LogP contribution in [0.15, 0.2) is 40.3 Å². The predicted molar refractivity (Wildman–Crippen MR) is 80.6 cm³/mol. The molecule has 0 spiro atoms. The molecular formula is C15H16F3N3S. The van der Waals surface area contributed by atoms with Crippen molar-refractivity contribution in [3.05, 3.63) is 41.6 Å². The van der Waals surface area contributed by atoms with Gasteiger partial charge in [-0.3, -0.25) is 0 Å². The molecule has 0 fully saturated rings. The zero-order valence-corrected chi connectivity index (χ0v) is 12.8. The lowest BCUT2D eigenvalue weighted by Gasteiger charge is -2.11. The van der Waals surface area contributed by atoms with Gasteiger partial charge in [0.05, 0.1) is 11.8 Å². The molecule has 1 aromatic heterocycles. The SMILES string of the molecule is CCCCc1c(Sc2cccc(C(F)(F)F)c2)cnnc1N. The van der Waals surface area contributed by atoms with Gasteiger partial charge in [-0.05, 0) is 31.0 Å². The molecule has 1 aromatic carbocycles. The number of anilines is 1. The minimum absolute atomic E-state index is 0.338. The zero-order chi connectivity index (χ0) is 16.2. The summed E-state index contributed by atoms with van der Waals surface area (Å²) in [4.78, 5) is 1.25. The molecule has 1 heterocycles. The van der Waals surface area contributed by atoms with E-state index in [1.807, 2.05) is 0 Å². The first-order chi connectivity index (χ1) is 10.4. The number of aromatic nitrogens is 2. The molecule has 22 heavy (non-hydrogen) atoms. The summed E-state index contributed by atoms with van der Waals surface area (Å²) in [5, 5.41) is 7.63. The largest absolute Gasteiger partial charge is 0.416 e. The molecule has 0 aliphatic carbocycles. The number of halogens is 3. The first-order valence-electron chi connectivity index (χ1n) is 6.87. The Morgan fingerprint density at radius 2 is 2.05 bits per heavy atom. The first-order valence-corrected chi connectivity index (χ1v) is 7.68. The third kappa shape index (κ3) is 4.13. The minimum atomic E-state index is -4.35. The van der Waals surface area contributed by atoms with Crippen LogP contribution in [-0.4, -0.2) is 10.2 Å². The summed E-state index contributed by atoms with van der Waals surface area (Å²) >= 11 is 1.23. The predicted octanol–water partition coefficient (Wildman–Crippen LogP) is 4.57. The average Bonchev–Trinajstić information content (AvgIpc) is 2.46. The van der Waals surface area contributed by atoms with E-state index in [0.717, 1.165) is 41.9 Å². The minimum Gasteiger partial charge on any atom is -0.382 e. The molecule has 0 saturated heterocycles. The van der Waals surface area contributed by atoms with Gasteiger partial charge in [0, 0.05) is 15.4 Å². The van der Waals surface area contributed by atoms with Gasteiger partial charge in [0.2, 0.25) is 0 Å². The van der Waals surface area contributed by atoms with Crippen molar-refractivity contribution in [3.8, 4) is 0 Å². The Balaban J connectivity index is 2.29. The molecule has 0 bridgehead atoms. The molecule has 0 amide bonds. The lowest BCUT2D eigenvalue weighted by molar-refractivity contribution is -0.137. The zero-order valence-electron chi connectivity index (χ0n) is 12.0. The summed E-state index contributed by atoms with van der Waals surface area (Å²) in [5.41, 5.74) is 6.03. The topological polar surface area (TPSA) is 51.8 Å². The molecule has 0 aliphatic heterocycles. The molecule has 0 aliphatic rings. The number of benzene rings is 1. The van der Waals surface area contributed by atoms with Crippen molar-refractivity contribution in [1.29, 1.82) is 0 Å². The van der Waals surface area contributed by atoms with Crippen LogP contribution in [0.5, 0.6) is 0 Å². The number of nitrogens with two attached hydrogens (primary N) is 1. The van der Waals surface area contributed by atoms with Gasteiger partial charge in [-0.2, -0.15) is 18.3 Å². The number of unbranched alkanes of at least 4 members (excludes halogenated alkanes) is 1. The number of alkyl halides is 3. The first kappa shape index (κ1) is 16.6. The van der Waals surface area contributed by atoms with E-state index in [0.29, 0.717) is 10.7 Å². The monoisotopic (exact) mass is 327 g/mol. The summed E-state index contributed by atoms with van der Waals surface area (Å²) in [5.74, 6) is 0.338. The normalized spacial score (nSPS) is 11.6. The fourth-order valence-electron chi connectivity index (χ4n) is 1.96. The van der Waals surface area contributed by atoms with Crippen molar-refractivity contribution in [2.75, 3.05) is 5.73 Å². The Morgan fingerprint density at radius 3 is 2.73 bits per heavy atom. The third-order valence-corrected chi connectivity index (χ3v) is 4.18. The van der Waals surface area contributed by atoms with Gasteiger partial charge in [0.25, 0.3) is 0 Å². The van der Waals surface area contributed by atoms with E-state index in [-0.39, 0.29) is 0 Å². The second-order valence-electron chi connectivity index (χ2n) is 4.80. The lowest BCUT2D eigenvalue weighted by atomic mass is 10.1. The van der Waals surface area contributed by atoms with Crippen LogP contribution in [0.4, 0.5) is 19.0 Å². The lowest BCUT2D eigenvalue weighted by Crippen LogP contribution is -2.04. The fourth-order valence-corrected chi connectivity index (χ4v) is 2.98. The number of hydrogen-bond acceptors (Lipinski definition) is 4. The van der Waals surface area contributed by atoms with E-state index in [4.69, 9.17) is 5.73 Å². The highest BCUT2D eigenvalue weighted by Gasteiger charge is 2.30. The van der Waals surface area contributed by atoms with Crippen LogP contribution < -0.4 is 5.73 Å². The molecule has 118 valence electrons. The van der Waals surface area contributed by atoms with Crippen LogP contribution in [0.25, 0.3) is 0 Å². The van der Waals surface area contributed by atoms with Crippen molar-refractivity contribution < 1.29 is 13.2 Å². The maximum atomic E-state index is 12.8. The molecule has 2 aromatic rings. The van der Waals surface area contributed by atoms with Crippen LogP contribution in [0.3, 0.4) is 0 Å². The summed E-state index contributed by atoms with van der Waals surface area (Å²) < 4.78 is 38.3. The van der Waals surface area contributed by atoms with Gasteiger partial charge in [0.15, 0.2) is 0 Å². The molecule has 2 rings (SSSR count). The third-order valence-electron chi connectivity index (χ3n) is 3.12. The van der Waals surface area contributed by atoms with Gasteiger partial charge in [0.1, 0.15) is 5.82 Å². The average molecular weight is 327 g/mol. The summed E-state index contributed by atoms with van der Waals surface area (Å²) in [6.45, 7) is 2.06. The van der Waals surface area contributed by atoms with Crippen molar-refractivity contribution in [2.24, 2.45) is 0 Å². The molecule has 7 heteroatoms. The summed E-state index contributed by atoms with van der Waals surface area (Å²) in [7, 11) is 0. The van der Waals surface area contributed by atoms with Gasteiger partial charge in [-0.15, -0.1) is 5.10 Å². The van der Waals surface area contributed by atoms with Crippen molar-refractivity contribution in [2.45, 2.75) is 42.2 Å². The number of rotatable bonds is 5. The Hall–Kier alpha value is -1.76. The van der Waals surface area contributed by atoms with Crippen molar-refractivity contribution >= 4 is 17.6 Å². The van der Waals surface area contributed by atoms with Crippen LogP contribution in [0.1, 0.15) is 30.9 Å². The molecule has 0 atom stereocenters. The van der Waals surface area contributed by atoms with E-state index >= 15 is 0 Å². The quantitative estimate of drug-likeness (QED) is 0.874. The number of hydrogen-bond donors (Lipinski definition) is 1. The standard InChI is InChI=1S/C15H16F3N3S/c1-2-3-7-12-13(9-20-21-14(12)19)22-11-6-4-5-10(8-11)15(16,17)18/h4-6,8-9H,2-3,7H2,1H3,(H2,19,21). The molecule has 3 nitrogen and oxygen atoms in total. The Bertz CT molecular complexity index is 644. The van der Waals surface area contributed by atoms with Crippen LogP contribution in [0.2, 0.25) is 0 Å². The maximum Gasteiger partial charge on any atom is 0.416 e. The van der Waals surface area contributed by atoms with E-state index in [1.54, 1.807) is 12.3 Å². The molecule has 0 saturated carbocycles. The van der Waals surface area contributed by atoms with Gasteiger partial charge in [-0.1, -0.05) is 31.2 Å². The van der Waals surface area contributed by atoms with Crippen LogP contribution in [-0.2, 0) is 12.6 Å². The second-order valence-corrected chi connectivity index (χ2v) is 5.92. The number of nitrogens with zero attached hydrogens (tertiary/aromatic N) is 2. The molecule has 0 unspecified atom stereocenters. The molecule has 2 N–H and O–H groups in total. The summed E-state index contributed by atoms with van der Waals surface area (Å²) in [6, 6.07) is 5.22. The van der Waals surface area contributed by atoms with E-state index in [2.05, 4.69) is 17.1 Å². The smallest absolute Gasteiger partial charge is 0.382 e. The van der Waals surface area contributed by atoms with Gasteiger partial charge in [-0.25, -0.2) is 0 Å². The highest BCUT2D eigenvalue weighted by atomic mass is 32.2. The molecular weight excluding hydrogens is 311 g/mol. The molecule has 0 radical (unpaired) electrons. The Labute approximate surface area is 131 Å². The van der Waals surface area contributed by atoms with E-state index in [1.165, 1.54) is 17.8 Å². The highest BCUT2D eigenvalue weighted by Crippen LogP contribution is 2.36. The van der Waals surface area contributed by atoms with E-state index in [9.17, 15) is 13.2 Å². The Morgan fingerprint density at radius 1 is 1.27 bits per heavy atom. The van der Waals surface area contributed by atoms with Crippen molar-refractivity contribution in [1.82, 2.24) is 10.2 Å². The van der Waals surface area contributed by atoms with Crippen molar-refractivity contribution in [3.63, 3.8) is 0 Å². The van der Waals surface area contributed by atoms with Crippen LogP contribution in [0, 0.1) is 0 Å². The fraction of sp³-hybridized carbons (Fsp3) is 0.333. The van der Waals surface area contributed by atoms with Gasteiger partial charge < -0.3 is 5.73 Å². The second kappa shape index (κ2) is 7.00.